The van der Waals surface area contributed by atoms with Crippen molar-refractivity contribution in [2.75, 3.05) is 0 Å². The van der Waals surface area contributed by atoms with Crippen molar-refractivity contribution in [2.45, 2.75) is 11.2 Å². The van der Waals surface area contributed by atoms with Crippen LogP contribution in [0.25, 0.3) is 54.3 Å². The molecule has 0 amide bonds. The number of hydrogen-bond donors (Lipinski definition) is 2. The molecule has 1 heterocycles. The molecule has 9 aromatic rings. The Kier molecular flexibility index (Phi) is 5.29. The van der Waals surface area contributed by atoms with Crippen LogP contribution in [0.1, 0.15) is 33.4 Å². The second-order valence-corrected chi connectivity index (χ2v) is 12.7. The molecular weight excluding hydrogens is 576 g/mol. The summed E-state index contributed by atoms with van der Waals surface area (Å²) in [5.74, 6) is 0. The van der Waals surface area contributed by atoms with E-state index in [-0.39, 0.29) is 0 Å². The third-order valence-electron chi connectivity index (χ3n) is 10.3. The molecule has 3 heteroatoms. The van der Waals surface area contributed by atoms with Crippen molar-refractivity contribution in [3.63, 3.8) is 0 Å². The Morgan fingerprint density at radius 3 is 1.72 bits per heavy atom. The van der Waals surface area contributed by atoms with Crippen LogP contribution in [0.2, 0.25) is 0 Å². The van der Waals surface area contributed by atoms with Crippen LogP contribution in [-0.4, -0.2) is 10.2 Å². The summed E-state index contributed by atoms with van der Waals surface area (Å²) in [5, 5.41) is 35.0. The summed E-state index contributed by atoms with van der Waals surface area (Å²) in [4.78, 5) is 0. The maximum Gasteiger partial charge on any atom is 0.141 e. The maximum absolute atomic E-state index is 13.5. The van der Waals surface area contributed by atoms with Crippen LogP contribution in [-0.2, 0) is 11.2 Å². The van der Waals surface area contributed by atoms with Gasteiger partial charge < -0.3 is 14.6 Å². The van der Waals surface area contributed by atoms with E-state index in [1.54, 1.807) is 0 Å². The molecule has 3 nitrogen and oxygen atoms in total. The molecule has 2 unspecified atom stereocenters. The maximum atomic E-state index is 13.5. The van der Waals surface area contributed by atoms with Gasteiger partial charge in [-0.05, 0) is 73.3 Å². The fraction of sp³-hybridized carbons (Fsp3) is 0.0455. The first-order chi connectivity index (χ1) is 23.0. The summed E-state index contributed by atoms with van der Waals surface area (Å²) in [5.41, 5.74) is 2.60. The molecule has 0 spiro atoms. The second-order valence-electron chi connectivity index (χ2n) is 12.7. The van der Waals surface area contributed by atoms with E-state index in [1.807, 2.05) is 91.0 Å². The summed E-state index contributed by atoms with van der Waals surface area (Å²) < 4.78 is 6.36. The van der Waals surface area contributed by atoms with E-state index in [1.165, 1.54) is 0 Å². The summed E-state index contributed by atoms with van der Waals surface area (Å²) in [7, 11) is 0. The first-order valence-corrected chi connectivity index (χ1v) is 16.0. The van der Waals surface area contributed by atoms with Gasteiger partial charge in [0, 0.05) is 27.5 Å². The molecule has 2 N–H and O–H groups in total. The molecule has 8 aromatic carbocycles. The highest BCUT2D eigenvalue weighted by Crippen LogP contribution is 2.56. The molecule has 222 valence electrons. The Balaban J connectivity index is 1.33. The average Bonchev–Trinajstić information content (AvgIpc) is 3.48. The molecule has 0 fully saturated rings. The predicted molar refractivity (Wildman–Crippen MR) is 190 cm³/mol. The number of furan rings is 1. The van der Waals surface area contributed by atoms with Crippen LogP contribution in [0, 0.1) is 0 Å². The molecule has 1 aliphatic rings. The molecule has 0 bridgehead atoms. The van der Waals surface area contributed by atoms with Gasteiger partial charge in [-0.25, -0.2) is 0 Å². The van der Waals surface area contributed by atoms with Gasteiger partial charge in [-0.3, -0.25) is 0 Å². The van der Waals surface area contributed by atoms with Crippen molar-refractivity contribution >= 4 is 54.3 Å². The van der Waals surface area contributed by atoms with Gasteiger partial charge in [0.05, 0.1) is 0 Å². The fourth-order valence-corrected chi connectivity index (χ4v) is 8.17. The quantitative estimate of drug-likeness (QED) is 0.207. The van der Waals surface area contributed by atoms with Crippen LogP contribution in [0.15, 0.2) is 162 Å². The number of benzene rings is 8. The minimum atomic E-state index is -1.59. The summed E-state index contributed by atoms with van der Waals surface area (Å²) in [6.07, 6.45) is 0. The highest BCUT2D eigenvalue weighted by atomic mass is 16.3. The third kappa shape index (κ3) is 3.47. The van der Waals surface area contributed by atoms with Crippen LogP contribution in [0.3, 0.4) is 0 Å². The molecule has 2 atom stereocenters. The van der Waals surface area contributed by atoms with Gasteiger partial charge in [-0.1, -0.05) is 133 Å². The van der Waals surface area contributed by atoms with Crippen molar-refractivity contribution < 1.29 is 14.6 Å². The Morgan fingerprint density at radius 2 is 0.936 bits per heavy atom. The van der Waals surface area contributed by atoms with Gasteiger partial charge >= 0.3 is 0 Å². The van der Waals surface area contributed by atoms with Gasteiger partial charge in [-0.15, -0.1) is 0 Å². The zero-order chi connectivity index (χ0) is 31.3. The van der Waals surface area contributed by atoms with E-state index in [9.17, 15) is 10.2 Å². The topological polar surface area (TPSA) is 53.6 Å². The molecule has 1 aliphatic carbocycles. The Labute approximate surface area is 270 Å². The van der Waals surface area contributed by atoms with Crippen molar-refractivity contribution in [3.05, 3.63) is 191 Å². The lowest BCUT2D eigenvalue weighted by Crippen LogP contribution is -2.44. The van der Waals surface area contributed by atoms with Crippen molar-refractivity contribution in [3.8, 4) is 0 Å². The van der Waals surface area contributed by atoms with Crippen molar-refractivity contribution in [1.29, 1.82) is 0 Å². The predicted octanol–water partition coefficient (Wildman–Crippen LogP) is 9.93. The zero-order valence-electron chi connectivity index (χ0n) is 25.3. The average molecular weight is 605 g/mol. The Bertz CT molecular complexity index is 2730. The van der Waals surface area contributed by atoms with Crippen molar-refractivity contribution in [1.82, 2.24) is 0 Å². The lowest BCUT2D eigenvalue weighted by atomic mass is 9.62. The van der Waals surface area contributed by atoms with Crippen LogP contribution >= 0.6 is 0 Å². The molecular formula is C44H28O3. The third-order valence-corrected chi connectivity index (χ3v) is 10.3. The number of hydrogen-bond acceptors (Lipinski definition) is 3. The Morgan fingerprint density at radius 1 is 0.362 bits per heavy atom. The van der Waals surface area contributed by atoms with Gasteiger partial charge in [-0.2, -0.15) is 0 Å². The van der Waals surface area contributed by atoms with E-state index in [0.717, 1.165) is 59.8 Å². The number of rotatable bonds is 2. The minimum absolute atomic E-state index is 0.650. The van der Waals surface area contributed by atoms with Crippen LogP contribution in [0.5, 0.6) is 0 Å². The van der Waals surface area contributed by atoms with Gasteiger partial charge in [0.2, 0.25) is 0 Å². The molecule has 0 saturated heterocycles. The van der Waals surface area contributed by atoms with E-state index in [4.69, 9.17) is 4.42 Å². The van der Waals surface area contributed by atoms with Gasteiger partial charge in [0.15, 0.2) is 0 Å². The summed E-state index contributed by atoms with van der Waals surface area (Å²) in [6, 6.07) is 52.8. The Hall–Kier alpha value is -5.74. The van der Waals surface area contributed by atoms with Crippen LogP contribution < -0.4 is 0 Å². The summed E-state index contributed by atoms with van der Waals surface area (Å²) in [6.45, 7) is 0. The molecule has 0 aliphatic heterocycles. The van der Waals surface area contributed by atoms with Gasteiger partial charge in [0.25, 0.3) is 0 Å². The molecule has 1 aromatic heterocycles. The van der Waals surface area contributed by atoms with Crippen molar-refractivity contribution in [2.24, 2.45) is 0 Å². The lowest BCUT2D eigenvalue weighted by molar-refractivity contribution is 0.0769. The molecule has 0 radical (unpaired) electrons. The minimum Gasteiger partial charge on any atom is -0.456 e. The number of fused-ring (bicyclic) bond motifs is 9. The lowest BCUT2D eigenvalue weighted by Gasteiger charge is -2.46. The van der Waals surface area contributed by atoms with E-state index >= 15 is 0 Å². The highest BCUT2D eigenvalue weighted by molar-refractivity contribution is 6.10. The molecule has 10 rings (SSSR count). The normalized spacial score (nSPS) is 19.0. The standard InChI is InChI=1S/C44H28O3/c45-43(31-21-23-40-35(26-31)34-24-29-12-1-2-13-30(29)25-41(34)47-40)37-17-7-8-18-38(37)44(46,36-19-9-14-27-10-3-5-15-32(27)36)39-22-20-28-11-4-6-16-33(28)42(39)43/h1-26,45-46H. The monoisotopic (exact) mass is 604 g/mol. The zero-order valence-corrected chi connectivity index (χ0v) is 25.3. The first kappa shape index (κ1) is 26.5. The first-order valence-electron chi connectivity index (χ1n) is 16.0. The SMILES string of the molecule is OC1(c2cccc3ccccc23)c2ccccc2C(O)(c2ccc3oc4cc5ccccc5cc4c3c2)c2c1ccc1ccccc21. The highest BCUT2D eigenvalue weighted by Gasteiger charge is 2.52. The van der Waals surface area contributed by atoms with Gasteiger partial charge in [0.1, 0.15) is 22.4 Å². The van der Waals surface area contributed by atoms with Crippen LogP contribution in [0.4, 0.5) is 0 Å². The fourth-order valence-electron chi connectivity index (χ4n) is 8.17. The van der Waals surface area contributed by atoms with E-state index in [0.29, 0.717) is 27.8 Å². The van der Waals surface area contributed by atoms with E-state index < -0.39 is 11.2 Å². The molecule has 47 heavy (non-hydrogen) atoms. The second kappa shape index (κ2) is 9.40. The van der Waals surface area contributed by atoms with E-state index in [2.05, 4.69) is 66.7 Å². The molecule has 0 saturated carbocycles. The smallest absolute Gasteiger partial charge is 0.141 e. The summed E-state index contributed by atoms with van der Waals surface area (Å²) >= 11 is 0. The largest absolute Gasteiger partial charge is 0.456 e. The number of aliphatic hydroxyl groups is 2.